The van der Waals surface area contributed by atoms with Gasteiger partial charge in [0.15, 0.2) is 0 Å². The molecule has 0 aromatic heterocycles. The maximum atomic E-state index is 13.8. The maximum Gasteiger partial charge on any atom is 0.315 e. The minimum absolute atomic E-state index is 0.0880. The van der Waals surface area contributed by atoms with E-state index in [-0.39, 0.29) is 17.2 Å². The summed E-state index contributed by atoms with van der Waals surface area (Å²) in [7, 11) is 0. The monoisotopic (exact) mass is 314 g/mol. The van der Waals surface area contributed by atoms with E-state index < -0.39 is 23.4 Å². The van der Waals surface area contributed by atoms with E-state index in [9.17, 15) is 14.3 Å². The van der Waals surface area contributed by atoms with E-state index in [4.69, 9.17) is 11.6 Å². The van der Waals surface area contributed by atoms with Crippen LogP contribution in [0.25, 0.3) is 0 Å². The van der Waals surface area contributed by atoms with Crippen LogP contribution < -0.4 is 10.6 Å². The molecule has 1 saturated carbocycles. The SMILES string of the molecule is CC(NC(=O)NC1(CO)CCCC1)c1c(F)cccc1Cl. The molecular formula is C15H20ClFN2O2. The highest BCUT2D eigenvalue weighted by atomic mass is 35.5. The van der Waals surface area contributed by atoms with Crippen molar-refractivity contribution >= 4 is 17.6 Å². The Morgan fingerprint density at radius 1 is 1.48 bits per heavy atom. The first-order valence-corrected chi connectivity index (χ1v) is 7.49. The Morgan fingerprint density at radius 3 is 2.71 bits per heavy atom. The summed E-state index contributed by atoms with van der Waals surface area (Å²) in [6.07, 6.45) is 3.47. The zero-order valence-electron chi connectivity index (χ0n) is 12.0. The Morgan fingerprint density at radius 2 is 2.14 bits per heavy atom. The topological polar surface area (TPSA) is 61.4 Å². The molecular weight excluding hydrogens is 295 g/mol. The Kier molecular flexibility index (Phi) is 5.06. The van der Waals surface area contributed by atoms with E-state index in [0.717, 1.165) is 25.7 Å². The predicted octanol–water partition coefficient (Wildman–Crippen LogP) is 3.14. The van der Waals surface area contributed by atoms with Crippen molar-refractivity contribution in [3.8, 4) is 0 Å². The molecule has 0 aliphatic heterocycles. The summed E-state index contributed by atoms with van der Waals surface area (Å²) in [6, 6.07) is 3.44. The summed E-state index contributed by atoms with van der Waals surface area (Å²) in [5, 5.41) is 15.3. The minimum Gasteiger partial charge on any atom is -0.394 e. The summed E-state index contributed by atoms with van der Waals surface area (Å²) >= 11 is 5.98. The fraction of sp³-hybridized carbons (Fsp3) is 0.533. The summed E-state index contributed by atoms with van der Waals surface area (Å²) in [4.78, 5) is 12.1. The van der Waals surface area contributed by atoms with Gasteiger partial charge in [-0.25, -0.2) is 9.18 Å². The number of aliphatic hydroxyl groups excluding tert-OH is 1. The molecule has 1 aromatic rings. The van der Waals surface area contributed by atoms with Crippen molar-refractivity contribution in [2.75, 3.05) is 6.61 Å². The van der Waals surface area contributed by atoms with Crippen molar-refractivity contribution in [3.63, 3.8) is 0 Å². The lowest BCUT2D eigenvalue weighted by molar-refractivity contribution is 0.162. The molecule has 0 heterocycles. The van der Waals surface area contributed by atoms with Crippen LogP contribution in [0.2, 0.25) is 5.02 Å². The number of halogens is 2. The minimum atomic E-state index is -0.559. The largest absolute Gasteiger partial charge is 0.394 e. The third-order valence-electron chi connectivity index (χ3n) is 4.02. The highest BCUT2D eigenvalue weighted by Crippen LogP contribution is 2.29. The Bertz CT molecular complexity index is 498. The summed E-state index contributed by atoms with van der Waals surface area (Å²) in [5.74, 6) is -0.451. The molecule has 1 aliphatic rings. The van der Waals surface area contributed by atoms with Crippen LogP contribution >= 0.6 is 11.6 Å². The second-order valence-corrected chi connectivity index (χ2v) is 6.01. The van der Waals surface area contributed by atoms with E-state index >= 15 is 0 Å². The zero-order chi connectivity index (χ0) is 15.5. The third kappa shape index (κ3) is 3.66. The van der Waals surface area contributed by atoms with Gasteiger partial charge in [0.05, 0.1) is 18.2 Å². The molecule has 2 rings (SSSR count). The van der Waals surface area contributed by atoms with Gasteiger partial charge < -0.3 is 15.7 Å². The van der Waals surface area contributed by atoms with Crippen LogP contribution in [0.4, 0.5) is 9.18 Å². The first-order valence-electron chi connectivity index (χ1n) is 7.11. The number of rotatable bonds is 4. The smallest absolute Gasteiger partial charge is 0.315 e. The summed E-state index contributed by atoms with van der Waals surface area (Å²) in [5.41, 5.74) is -0.290. The number of nitrogens with one attached hydrogen (secondary N) is 2. The van der Waals surface area contributed by atoms with Gasteiger partial charge in [0.1, 0.15) is 5.82 Å². The van der Waals surface area contributed by atoms with Crippen LogP contribution in [0.5, 0.6) is 0 Å². The first-order chi connectivity index (χ1) is 9.97. The van der Waals surface area contributed by atoms with E-state index in [1.807, 2.05) is 0 Å². The lowest BCUT2D eigenvalue weighted by Crippen LogP contribution is -2.53. The van der Waals surface area contributed by atoms with Gasteiger partial charge in [0, 0.05) is 10.6 Å². The molecule has 21 heavy (non-hydrogen) atoms. The van der Waals surface area contributed by atoms with Crippen molar-refractivity contribution in [3.05, 3.63) is 34.6 Å². The molecule has 0 radical (unpaired) electrons. The number of hydrogen-bond acceptors (Lipinski definition) is 2. The van der Waals surface area contributed by atoms with Gasteiger partial charge in [-0.2, -0.15) is 0 Å². The molecule has 0 spiro atoms. The molecule has 116 valence electrons. The highest BCUT2D eigenvalue weighted by molar-refractivity contribution is 6.31. The van der Waals surface area contributed by atoms with E-state index in [1.54, 1.807) is 13.0 Å². The zero-order valence-corrected chi connectivity index (χ0v) is 12.7. The fourth-order valence-corrected chi connectivity index (χ4v) is 3.17. The molecule has 0 bridgehead atoms. The van der Waals surface area contributed by atoms with Gasteiger partial charge in [-0.05, 0) is 31.9 Å². The number of carbonyl (C=O) groups is 1. The van der Waals surface area contributed by atoms with Crippen molar-refractivity contribution in [2.24, 2.45) is 0 Å². The molecule has 2 amide bonds. The van der Waals surface area contributed by atoms with Gasteiger partial charge in [-0.3, -0.25) is 0 Å². The molecule has 4 nitrogen and oxygen atoms in total. The number of amides is 2. The van der Waals surface area contributed by atoms with Crippen LogP contribution in [0, 0.1) is 5.82 Å². The average Bonchev–Trinajstić information content (AvgIpc) is 2.87. The number of carbonyl (C=O) groups excluding carboxylic acids is 1. The van der Waals surface area contributed by atoms with Gasteiger partial charge in [-0.15, -0.1) is 0 Å². The third-order valence-corrected chi connectivity index (χ3v) is 4.35. The highest BCUT2D eigenvalue weighted by Gasteiger charge is 2.35. The van der Waals surface area contributed by atoms with Crippen LogP contribution in [0.1, 0.15) is 44.2 Å². The van der Waals surface area contributed by atoms with E-state index in [0.29, 0.717) is 0 Å². The van der Waals surface area contributed by atoms with Crippen molar-refractivity contribution in [2.45, 2.75) is 44.2 Å². The Labute approximate surface area is 128 Å². The molecule has 3 N–H and O–H groups in total. The van der Waals surface area contributed by atoms with Gasteiger partial charge in [0.2, 0.25) is 0 Å². The van der Waals surface area contributed by atoms with Gasteiger partial charge in [0.25, 0.3) is 0 Å². The molecule has 0 saturated heterocycles. The van der Waals surface area contributed by atoms with Crippen LogP contribution in [0.3, 0.4) is 0 Å². The summed E-state index contributed by atoms with van der Waals surface area (Å²) < 4.78 is 13.8. The predicted molar refractivity (Wildman–Crippen MR) is 79.8 cm³/mol. The van der Waals surface area contributed by atoms with E-state index in [2.05, 4.69) is 10.6 Å². The normalized spacial score (nSPS) is 18.3. The second kappa shape index (κ2) is 6.62. The molecule has 1 atom stereocenters. The maximum absolute atomic E-state index is 13.8. The number of benzene rings is 1. The fourth-order valence-electron chi connectivity index (χ4n) is 2.84. The van der Waals surface area contributed by atoms with Crippen LogP contribution in [-0.4, -0.2) is 23.3 Å². The van der Waals surface area contributed by atoms with Gasteiger partial charge in [-0.1, -0.05) is 30.5 Å². The average molecular weight is 315 g/mol. The van der Waals surface area contributed by atoms with Gasteiger partial charge >= 0.3 is 6.03 Å². The summed E-state index contributed by atoms with van der Waals surface area (Å²) in [6.45, 7) is 1.58. The Hall–Kier alpha value is -1.33. The number of aliphatic hydroxyl groups is 1. The molecule has 1 fully saturated rings. The standard InChI is InChI=1S/C15H20ClFN2O2/c1-10(13-11(16)5-4-6-12(13)17)18-14(21)19-15(9-20)7-2-3-8-15/h4-6,10,20H,2-3,7-9H2,1H3,(H2,18,19,21). The molecule has 1 unspecified atom stereocenters. The lowest BCUT2D eigenvalue weighted by Gasteiger charge is -2.29. The lowest BCUT2D eigenvalue weighted by atomic mass is 9.99. The first kappa shape index (κ1) is 16.0. The van der Waals surface area contributed by atoms with Crippen LogP contribution in [-0.2, 0) is 0 Å². The van der Waals surface area contributed by atoms with Crippen LogP contribution in [0.15, 0.2) is 18.2 Å². The van der Waals surface area contributed by atoms with Crippen molar-refractivity contribution in [1.29, 1.82) is 0 Å². The van der Waals surface area contributed by atoms with Crippen molar-refractivity contribution in [1.82, 2.24) is 10.6 Å². The molecule has 1 aromatic carbocycles. The van der Waals surface area contributed by atoms with Crippen molar-refractivity contribution < 1.29 is 14.3 Å². The number of urea groups is 1. The Balaban J connectivity index is 2.02. The molecule has 1 aliphatic carbocycles. The molecule has 6 heteroatoms. The quantitative estimate of drug-likeness (QED) is 0.799. The second-order valence-electron chi connectivity index (χ2n) is 5.60. The van der Waals surface area contributed by atoms with E-state index in [1.165, 1.54) is 12.1 Å². The number of hydrogen-bond donors (Lipinski definition) is 3.